The molecule has 0 aromatic rings. The van der Waals surface area contributed by atoms with Crippen molar-refractivity contribution < 1.29 is 9.53 Å². The minimum Gasteiger partial charge on any atom is -0.370 e. The van der Waals surface area contributed by atoms with Crippen LogP contribution in [0.5, 0.6) is 0 Å². The first kappa shape index (κ1) is 12.6. The number of hydrogen-bond acceptors (Lipinski definition) is 2. The molecule has 1 unspecified atom stereocenters. The molecule has 0 rings (SSSR count). The fraction of sp³-hybridized carbons (Fsp3) is 0.909. The van der Waals surface area contributed by atoms with Gasteiger partial charge in [0.15, 0.2) is 5.78 Å². The summed E-state index contributed by atoms with van der Waals surface area (Å²) < 4.78 is 5.48. The number of rotatable bonds is 4. The summed E-state index contributed by atoms with van der Waals surface area (Å²) in [6, 6.07) is 0. The molecule has 0 aromatic carbocycles. The predicted molar refractivity (Wildman–Crippen MR) is 54.7 cm³/mol. The summed E-state index contributed by atoms with van der Waals surface area (Å²) in [4.78, 5) is 11.8. The maximum absolute atomic E-state index is 11.8. The topological polar surface area (TPSA) is 26.3 Å². The molecule has 78 valence electrons. The zero-order valence-electron chi connectivity index (χ0n) is 9.68. The largest absolute Gasteiger partial charge is 0.370 e. The minimum atomic E-state index is -0.266. The molecule has 0 N–H and O–H groups in total. The van der Waals surface area contributed by atoms with Gasteiger partial charge in [-0.3, -0.25) is 4.79 Å². The highest BCUT2D eigenvalue weighted by molar-refractivity contribution is 5.85. The predicted octanol–water partition coefficient (Wildman–Crippen LogP) is 2.66. The summed E-state index contributed by atoms with van der Waals surface area (Å²) in [6.45, 7) is 12.5. The third-order valence-corrected chi connectivity index (χ3v) is 1.95. The third-order valence-electron chi connectivity index (χ3n) is 1.95. The Hall–Kier alpha value is -0.370. The third kappa shape index (κ3) is 3.90. The van der Waals surface area contributed by atoms with Gasteiger partial charge in [0.05, 0.1) is 0 Å². The summed E-state index contributed by atoms with van der Waals surface area (Å²) in [7, 11) is 0. The van der Waals surface area contributed by atoms with E-state index in [4.69, 9.17) is 4.74 Å². The molecule has 0 heterocycles. The highest BCUT2D eigenvalue weighted by Gasteiger charge is 2.32. The fourth-order valence-electron chi connectivity index (χ4n) is 1.23. The van der Waals surface area contributed by atoms with Crippen molar-refractivity contribution in [1.82, 2.24) is 0 Å². The number of hydrogen-bond donors (Lipinski definition) is 0. The van der Waals surface area contributed by atoms with E-state index >= 15 is 0 Å². The SMILES string of the molecule is CCOC(C(=O)C(C)C)C(C)(C)C. The fourth-order valence-corrected chi connectivity index (χ4v) is 1.23. The molecule has 2 heteroatoms. The molecule has 2 nitrogen and oxygen atoms in total. The summed E-state index contributed by atoms with van der Waals surface area (Å²) in [5.41, 5.74) is -0.0998. The Kier molecular flexibility index (Phi) is 4.62. The highest BCUT2D eigenvalue weighted by Crippen LogP contribution is 2.25. The Morgan fingerprint density at radius 1 is 1.31 bits per heavy atom. The lowest BCUT2D eigenvalue weighted by Crippen LogP contribution is -2.39. The number of ketones is 1. The monoisotopic (exact) mass is 186 g/mol. The van der Waals surface area contributed by atoms with E-state index in [0.29, 0.717) is 6.61 Å². The van der Waals surface area contributed by atoms with Gasteiger partial charge in [0.25, 0.3) is 0 Å². The van der Waals surface area contributed by atoms with Gasteiger partial charge in [0.1, 0.15) is 6.10 Å². The summed E-state index contributed by atoms with van der Waals surface area (Å²) >= 11 is 0. The molecule has 0 aromatic heterocycles. The number of Topliss-reactive ketones (excluding diaryl/α,β-unsaturated/α-hetero) is 1. The van der Waals surface area contributed by atoms with E-state index in [0.717, 1.165) is 0 Å². The molecule has 0 spiro atoms. The van der Waals surface area contributed by atoms with Crippen molar-refractivity contribution in [3.63, 3.8) is 0 Å². The van der Waals surface area contributed by atoms with Gasteiger partial charge < -0.3 is 4.74 Å². The second kappa shape index (κ2) is 4.75. The Bertz CT molecular complexity index is 165. The quantitative estimate of drug-likeness (QED) is 0.674. The number of carbonyl (C=O) groups is 1. The van der Waals surface area contributed by atoms with Crippen LogP contribution in [0.3, 0.4) is 0 Å². The van der Waals surface area contributed by atoms with Gasteiger partial charge in [-0.15, -0.1) is 0 Å². The molecular weight excluding hydrogens is 164 g/mol. The molecule has 0 saturated heterocycles. The summed E-state index contributed by atoms with van der Waals surface area (Å²) in [6.07, 6.45) is -0.266. The smallest absolute Gasteiger partial charge is 0.164 e. The lowest BCUT2D eigenvalue weighted by Gasteiger charge is -2.30. The Labute approximate surface area is 81.7 Å². The van der Waals surface area contributed by atoms with Crippen LogP contribution in [-0.4, -0.2) is 18.5 Å². The first-order valence-corrected chi connectivity index (χ1v) is 4.96. The number of ether oxygens (including phenoxy) is 1. The highest BCUT2D eigenvalue weighted by atomic mass is 16.5. The van der Waals surface area contributed by atoms with Crippen LogP contribution in [0.15, 0.2) is 0 Å². The Morgan fingerprint density at radius 3 is 2.00 bits per heavy atom. The van der Waals surface area contributed by atoms with E-state index in [2.05, 4.69) is 0 Å². The standard InChI is InChI=1S/C11H22O2/c1-7-13-10(11(4,5)6)9(12)8(2)3/h8,10H,7H2,1-6H3. The molecule has 0 aliphatic rings. The van der Waals surface area contributed by atoms with Gasteiger partial charge in [0.2, 0.25) is 0 Å². The van der Waals surface area contributed by atoms with Crippen LogP contribution in [0, 0.1) is 11.3 Å². The van der Waals surface area contributed by atoms with Crippen LogP contribution in [0.25, 0.3) is 0 Å². The van der Waals surface area contributed by atoms with Crippen molar-refractivity contribution in [3.05, 3.63) is 0 Å². The Morgan fingerprint density at radius 2 is 1.77 bits per heavy atom. The summed E-state index contributed by atoms with van der Waals surface area (Å²) in [5, 5.41) is 0. The van der Waals surface area contributed by atoms with E-state index in [9.17, 15) is 4.79 Å². The zero-order chi connectivity index (χ0) is 10.6. The normalized spacial score (nSPS) is 14.7. The van der Waals surface area contributed by atoms with Crippen molar-refractivity contribution in [1.29, 1.82) is 0 Å². The van der Waals surface area contributed by atoms with Gasteiger partial charge in [-0.05, 0) is 12.3 Å². The molecule has 0 bridgehead atoms. The van der Waals surface area contributed by atoms with Crippen LogP contribution >= 0.6 is 0 Å². The maximum Gasteiger partial charge on any atom is 0.164 e. The second-order valence-corrected chi connectivity index (χ2v) is 4.76. The molecule has 1 atom stereocenters. The lowest BCUT2D eigenvalue weighted by molar-refractivity contribution is -0.140. The van der Waals surface area contributed by atoms with Crippen LogP contribution in [0.4, 0.5) is 0 Å². The van der Waals surface area contributed by atoms with Crippen LogP contribution in [0.2, 0.25) is 0 Å². The van der Waals surface area contributed by atoms with Crippen molar-refractivity contribution in [2.45, 2.75) is 47.6 Å². The lowest BCUT2D eigenvalue weighted by atomic mass is 9.83. The van der Waals surface area contributed by atoms with Crippen molar-refractivity contribution in [2.24, 2.45) is 11.3 Å². The number of carbonyl (C=O) groups excluding carboxylic acids is 1. The van der Waals surface area contributed by atoms with Gasteiger partial charge in [-0.25, -0.2) is 0 Å². The molecule has 0 radical (unpaired) electrons. The van der Waals surface area contributed by atoms with E-state index in [-0.39, 0.29) is 23.2 Å². The van der Waals surface area contributed by atoms with Crippen molar-refractivity contribution in [3.8, 4) is 0 Å². The van der Waals surface area contributed by atoms with Crippen LogP contribution < -0.4 is 0 Å². The maximum atomic E-state index is 11.8. The van der Waals surface area contributed by atoms with E-state index < -0.39 is 0 Å². The van der Waals surface area contributed by atoms with E-state index in [1.54, 1.807) is 0 Å². The zero-order valence-corrected chi connectivity index (χ0v) is 9.68. The molecule has 0 aliphatic carbocycles. The van der Waals surface area contributed by atoms with Gasteiger partial charge in [0, 0.05) is 12.5 Å². The molecule has 0 fully saturated rings. The average molecular weight is 186 g/mol. The van der Waals surface area contributed by atoms with E-state index in [1.807, 2.05) is 41.5 Å². The molecule has 13 heavy (non-hydrogen) atoms. The van der Waals surface area contributed by atoms with E-state index in [1.165, 1.54) is 0 Å². The Balaban J connectivity index is 4.52. The minimum absolute atomic E-state index is 0.0516. The van der Waals surface area contributed by atoms with Gasteiger partial charge in [-0.1, -0.05) is 34.6 Å². The molecule has 0 saturated carbocycles. The molecule has 0 amide bonds. The second-order valence-electron chi connectivity index (χ2n) is 4.76. The van der Waals surface area contributed by atoms with Crippen LogP contribution in [0.1, 0.15) is 41.5 Å². The summed E-state index contributed by atoms with van der Waals surface area (Å²) in [5.74, 6) is 0.255. The first-order chi connectivity index (χ1) is 5.80. The average Bonchev–Trinajstić information content (AvgIpc) is 1.96. The van der Waals surface area contributed by atoms with Gasteiger partial charge in [-0.2, -0.15) is 0 Å². The van der Waals surface area contributed by atoms with Gasteiger partial charge >= 0.3 is 0 Å². The first-order valence-electron chi connectivity index (χ1n) is 4.96. The van der Waals surface area contributed by atoms with Crippen molar-refractivity contribution in [2.75, 3.05) is 6.61 Å². The molecular formula is C11H22O2. The molecule has 0 aliphatic heterocycles. The van der Waals surface area contributed by atoms with Crippen molar-refractivity contribution >= 4 is 5.78 Å². The van der Waals surface area contributed by atoms with Crippen LogP contribution in [-0.2, 0) is 9.53 Å².